The predicted molar refractivity (Wildman–Crippen MR) is 77.3 cm³/mol. The minimum atomic E-state index is 0.496. The fraction of sp³-hybridized carbons (Fsp3) is 0.133. The number of aromatic nitrogens is 3. The largest absolute Gasteiger partial charge is 0.256 e. The van der Waals surface area contributed by atoms with E-state index in [2.05, 4.69) is 15.0 Å². The summed E-state index contributed by atoms with van der Waals surface area (Å²) in [6, 6.07) is 10.0. The van der Waals surface area contributed by atoms with Crippen LogP contribution in [0.1, 0.15) is 11.4 Å². The van der Waals surface area contributed by atoms with Gasteiger partial charge in [-0.3, -0.25) is 4.98 Å². The third-order valence-corrected chi connectivity index (χ3v) is 3.45. The first-order chi connectivity index (χ1) is 9.16. The van der Waals surface area contributed by atoms with Crippen molar-refractivity contribution in [1.29, 1.82) is 0 Å². The van der Waals surface area contributed by atoms with E-state index in [-0.39, 0.29) is 0 Å². The van der Waals surface area contributed by atoms with Crippen LogP contribution in [-0.2, 0) is 0 Å². The highest BCUT2D eigenvalue weighted by Crippen LogP contribution is 2.30. The third-order valence-electron chi connectivity index (χ3n) is 3.09. The van der Waals surface area contributed by atoms with E-state index < -0.39 is 0 Å². The van der Waals surface area contributed by atoms with Crippen molar-refractivity contribution >= 4 is 22.5 Å². The second-order valence-electron chi connectivity index (χ2n) is 4.42. The van der Waals surface area contributed by atoms with Gasteiger partial charge in [0.05, 0.1) is 11.2 Å². The number of benzene rings is 1. The summed E-state index contributed by atoms with van der Waals surface area (Å²) in [5.74, 6) is 0.665. The van der Waals surface area contributed by atoms with Gasteiger partial charge in [0.15, 0.2) is 0 Å². The van der Waals surface area contributed by atoms with Gasteiger partial charge in [0, 0.05) is 22.7 Å². The molecule has 0 N–H and O–H groups in total. The first kappa shape index (κ1) is 12.1. The molecule has 2 aromatic heterocycles. The van der Waals surface area contributed by atoms with Gasteiger partial charge in [0.25, 0.3) is 0 Å². The summed E-state index contributed by atoms with van der Waals surface area (Å²) in [4.78, 5) is 13.1. The second-order valence-corrected chi connectivity index (χ2v) is 4.77. The van der Waals surface area contributed by atoms with Crippen LogP contribution in [-0.4, -0.2) is 15.0 Å². The van der Waals surface area contributed by atoms with Gasteiger partial charge < -0.3 is 0 Å². The zero-order valence-electron chi connectivity index (χ0n) is 10.7. The van der Waals surface area contributed by atoms with Crippen molar-refractivity contribution < 1.29 is 0 Å². The molecule has 94 valence electrons. The molecule has 0 saturated carbocycles. The smallest absolute Gasteiger partial charge is 0.136 e. The van der Waals surface area contributed by atoms with E-state index >= 15 is 0 Å². The Morgan fingerprint density at radius 2 is 1.79 bits per heavy atom. The van der Waals surface area contributed by atoms with Gasteiger partial charge in [-0.15, -0.1) is 0 Å². The Morgan fingerprint density at radius 3 is 2.63 bits per heavy atom. The minimum absolute atomic E-state index is 0.496. The summed E-state index contributed by atoms with van der Waals surface area (Å²) in [5.41, 5.74) is 3.65. The summed E-state index contributed by atoms with van der Waals surface area (Å²) in [7, 11) is 0. The van der Waals surface area contributed by atoms with Crippen LogP contribution < -0.4 is 0 Å². The van der Waals surface area contributed by atoms with Gasteiger partial charge in [0.1, 0.15) is 11.0 Å². The average Bonchev–Trinajstić information content (AvgIpc) is 2.42. The summed E-state index contributed by atoms with van der Waals surface area (Å²) < 4.78 is 0. The van der Waals surface area contributed by atoms with E-state index in [0.717, 1.165) is 27.7 Å². The van der Waals surface area contributed by atoms with Crippen LogP contribution in [0.25, 0.3) is 22.2 Å². The lowest BCUT2D eigenvalue weighted by atomic mass is 10.0. The highest BCUT2D eigenvalue weighted by atomic mass is 35.5. The van der Waals surface area contributed by atoms with Gasteiger partial charge in [0.2, 0.25) is 0 Å². The molecule has 0 fully saturated rings. The standard InChI is InChI=1S/C15H12ClN3/c1-9-13(18-10(2)19-15(9)16)12-7-3-5-11-6-4-8-17-14(11)12/h3-8H,1-2H3. The second kappa shape index (κ2) is 4.59. The Bertz CT molecular complexity index is 763. The highest BCUT2D eigenvalue weighted by Gasteiger charge is 2.12. The highest BCUT2D eigenvalue weighted by molar-refractivity contribution is 6.30. The number of hydrogen-bond acceptors (Lipinski definition) is 3. The van der Waals surface area contributed by atoms with Crippen LogP contribution >= 0.6 is 11.6 Å². The SMILES string of the molecule is Cc1nc(Cl)c(C)c(-c2cccc3cccnc23)n1. The van der Waals surface area contributed by atoms with Crippen molar-refractivity contribution in [2.45, 2.75) is 13.8 Å². The molecule has 1 aromatic carbocycles. The van der Waals surface area contributed by atoms with Gasteiger partial charge in [-0.2, -0.15) is 0 Å². The Morgan fingerprint density at radius 1 is 1.00 bits per heavy atom. The zero-order chi connectivity index (χ0) is 13.4. The van der Waals surface area contributed by atoms with Gasteiger partial charge >= 0.3 is 0 Å². The normalized spacial score (nSPS) is 10.9. The molecule has 0 unspecified atom stereocenters. The first-order valence-corrected chi connectivity index (χ1v) is 6.39. The molecule has 0 bridgehead atoms. The Kier molecular flexibility index (Phi) is 2.91. The maximum atomic E-state index is 6.15. The number of para-hydroxylation sites is 1. The monoisotopic (exact) mass is 269 g/mol. The summed E-state index contributed by atoms with van der Waals surface area (Å²) in [6.07, 6.45) is 1.79. The third kappa shape index (κ3) is 2.06. The molecule has 0 aliphatic heterocycles. The molecule has 0 spiro atoms. The molecule has 2 heterocycles. The summed E-state index contributed by atoms with van der Waals surface area (Å²) in [5, 5.41) is 1.59. The Balaban J connectivity index is 2.37. The number of nitrogens with zero attached hydrogens (tertiary/aromatic N) is 3. The fourth-order valence-electron chi connectivity index (χ4n) is 2.15. The number of halogens is 1. The Labute approximate surface area is 116 Å². The predicted octanol–water partition coefficient (Wildman–Crippen LogP) is 3.96. The maximum Gasteiger partial charge on any atom is 0.136 e. The van der Waals surface area contributed by atoms with Crippen molar-refractivity contribution in [2.24, 2.45) is 0 Å². The number of hydrogen-bond donors (Lipinski definition) is 0. The summed E-state index contributed by atoms with van der Waals surface area (Å²) in [6.45, 7) is 3.77. The van der Waals surface area contributed by atoms with Crippen LogP contribution in [0.4, 0.5) is 0 Å². The average molecular weight is 270 g/mol. The molecule has 4 heteroatoms. The molecule has 0 saturated heterocycles. The zero-order valence-corrected chi connectivity index (χ0v) is 11.4. The van der Waals surface area contributed by atoms with Crippen LogP contribution in [0, 0.1) is 13.8 Å². The van der Waals surface area contributed by atoms with E-state index in [4.69, 9.17) is 11.6 Å². The molecule has 0 radical (unpaired) electrons. The van der Waals surface area contributed by atoms with Crippen LogP contribution in [0.5, 0.6) is 0 Å². The van der Waals surface area contributed by atoms with Crippen molar-refractivity contribution in [2.75, 3.05) is 0 Å². The van der Waals surface area contributed by atoms with Crippen LogP contribution in [0.2, 0.25) is 5.15 Å². The van der Waals surface area contributed by atoms with Crippen LogP contribution in [0.15, 0.2) is 36.5 Å². The van der Waals surface area contributed by atoms with E-state index in [1.165, 1.54) is 0 Å². The lowest BCUT2D eigenvalue weighted by molar-refractivity contribution is 1.04. The molecule has 0 aliphatic carbocycles. The van der Waals surface area contributed by atoms with Gasteiger partial charge in [-0.05, 0) is 19.9 Å². The molecule has 0 atom stereocenters. The van der Waals surface area contributed by atoms with Crippen molar-refractivity contribution in [3.63, 3.8) is 0 Å². The number of pyridine rings is 1. The van der Waals surface area contributed by atoms with E-state index in [1.807, 2.05) is 44.2 Å². The van der Waals surface area contributed by atoms with E-state index in [9.17, 15) is 0 Å². The van der Waals surface area contributed by atoms with Gasteiger partial charge in [-0.1, -0.05) is 35.9 Å². The lowest BCUT2D eigenvalue weighted by Crippen LogP contribution is -1.97. The first-order valence-electron chi connectivity index (χ1n) is 6.01. The quantitative estimate of drug-likeness (QED) is 0.628. The van der Waals surface area contributed by atoms with Crippen molar-refractivity contribution in [3.05, 3.63) is 53.1 Å². The summed E-state index contributed by atoms with van der Waals surface area (Å²) >= 11 is 6.15. The number of rotatable bonds is 1. The molecule has 3 aromatic rings. The van der Waals surface area contributed by atoms with Crippen molar-refractivity contribution in [1.82, 2.24) is 15.0 Å². The van der Waals surface area contributed by atoms with E-state index in [0.29, 0.717) is 11.0 Å². The molecule has 19 heavy (non-hydrogen) atoms. The fourth-order valence-corrected chi connectivity index (χ4v) is 2.36. The minimum Gasteiger partial charge on any atom is -0.256 e. The number of fused-ring (bicyclic) bond motifs is 1. The maximum absolute atomic E-state index is 6.15. The molecule has 0 amide bonds. The van der Waals surface area contributed by atoms with Crippen molar-refractivity contribution in [3.8, 4) is 11.3 Å². The number of aryl methyl sites for hydroxylation is 1. The molecule has 0 aliphatic rings. The van der Waals surface area contributed by atoms with Gasteiger partial charge in [-0.25, -0.2) is 9.97 Å². The van der Waals surface area contributed by atoms with E-state index in [1.54, 1.807) is 6.20 Å². The Hall–Kier alpha value is -2.00. The topological polar surface area (TPSA) is 38.7 Å². The van der Waals surface area contributed by atoms with Crippen LogP contribution in [0.3, 0.4) is 0 Å². The molecule has 3 nitrogen and oxygen atoms in total. The molecular formula is C15H12ClN3. The lowest BCUT2D eigenvalue weighted by Gasteiger charge is -2.09. The molecular weight excluding hydrogens is 258 g/mol. The molecule has 3 rings (SSSR count).